The highest BCUT2D eigenvalue weighted by atomic mass is 16.7. The molecule has 0 saturated heterocycles. The molecule has 1 N–H and O–H groups in total. The van der Waals surface area contributed by atoms with Gasteiger partial charge in [0.25, 0.3) is 0 Å². The maximum atomic E-state index is 11.9. The number of hydrogen-bond donors (Lipinski definition) is 1. The molecule has 4 nitrogen and oxygen atoms in total. The SMILES string of the molecule is CCCCONC(=O)OC(CC)(CC)C1CCCCC1. The van der Waals surface area contributed by atoms with Crippen LogP contribution in [0.5, 0.6) is 0 Å². The molecule has 1 amide bonds. The van der Waals surface area contributed by atoms with E-state index in [0.29, 0.717) is 12.5 Å². The molecule has 118 valence electrons. The number of amides is 1. The van der Waals surface area contributed by atoms with Crippen molar-refractivity contribution in [2.24, 2.45) is 5.92 Å². The molecule has 0 unspecified atom stereocenters. The third-order valence-corrected chi connectivity index (χ3v) is 4.60. The average Bonchev–Trinajstić information content (AvgIpc) is 2.50. The molecule has 1 aliphatic rings. The summed E-state index contributed by atoms with van der Waals surface area (Å²) in [6, 6.07) is 0. The lowest BCUT2D eigenvalue weighted by Crippen LogP contribution is -2.45. The fourth-order valence-corrected chi connectivity index (χ4v) is 3.22. The molecular weight excluding hydrogens is 254 g/mol. The number of carbonyl (C=O) groups is 1. The van der Waals surface area contributed by atoms with E-state index in [1.165, 1.54) is 32.1 Å². The van der Waals surface area contributed by atoms with Gasteiger partial charge >= 0.3 is 6.09 Å². The molecule has 1 aliphatic carbocycles. The van der Waals surface area contributed by atoms with E-state index in [-0.39, 0.29) is 5.60 Å². The van der Waals surface area contributed by atoms with Crippen molar-refractivity contribution in [2.75, 3.05) is 6.61 Å². The van der Waals surface area contributed by atoms with Crippen LogP contribution in [0.25, 0.3) is 0 Å². The van der Waals surface area contributed by atoms with Crippen LogP contribution in [0.4, 0.5) is 4.79 Å². The highest BCUT2D eigenvalue weighted by Gasteiger charge is 2.39. The predicted molar refractivity (Wildman–Crippen MR) is 80.4 cm³/mol. The van der Waals surface area contributed by atoms with Gasteiger partial charge in [0.15, 0.2) is 0 Å². The molecule has 4 heteroatoms. The number of carbonyl (C=O) groups excluding carboxylic acids is 1. The van der Waals surface area contributed by atoms with Gasteiger partial charge in [-0.3, -0.25) is 4.84 Å². The average molecular weight is 285 g/mol. The topological polar surface area (TPSA) is 47.6 Å². The smallest absolute Gasteiger partial charge is 0.431 e. The fourth-order valence-electron chi connectivity index (χ4n) is 3.22. The Morgan fingerprint density at radius 1 is 1.15 bits per heavy atom. The minimum absolute atomic E-state index is 0.321. The summed E-state index contributed by atoms with van der Waals surface area (Å²) >= 11 is 0. The monoisotopic (exact) mass is 285 g/mol. The quantitative estimate of drug-likeness (QED) is 0.524. The summed E-state index contributed by atoms with van der Waals surface area (Å²) in [5.41, 5.74) is 2.10. The second-order valence-electron chi connectivity index (χ2n) is 5.80. The van der Waals surface area contributed by atoms with E-state index in [9.17, 15) is 4.79 Å². The van der Waals surface area contributed by atoms with Gasteiger partial charge < -0.3 is 4.74 Å². The summed E-state index contributed by atoms with van der Waals surface area (Å²) in [5.74, 6) is 0.493. The molecule has 0 heterocycles. The summed E-state index contributed by atoms with van der Waals surface area (Å²) in [4.78, 5) is 17.1. The lowest BCUT2D eigenvalue weighted by Gasteiger charge is -2.40. The maximum absolute atomic E-state index is 11.9. The molecule has 0 aromatic rings. The van der Waals surface area contributed by atoms with E-state index in [1.54, 1.807) is 0 Å². The van der Waals surface area contributed by atoms with E-state index >= 15 is 0 Å². The molecule has 1 fully saturated rings. The van der Waals surface area contributed by atoms with Crippen LogP contribution in [-0.2, 0) is 9.57 Å². The number of nitrogens with one attached hydrogen (secondary N) is 1. The standard InChI is InChI=1S/C16H31NO3/c1-4-7-13-19-17-15(18)20-16(5-2,6-3)14-11-9-8-10-12-14/h14H,4-13H2,1-3H3,(H,17,18). The molecular formula is C16H31NO3. The molecule has 20 heavy (non-hydrogen) atoms. The van der Waals surface area contributed by atoms with Gasteiger partial charge in [0.05, 0.1) is 6.61 Å². The van der Waals surface area contributed by atoms with Crippen molar-refractivity contribution >= 4 is 6.09 Å². The molecule has 1 saturated carbocycles. The number of rotatable bonds is 8. The van der Waals surface area contributed by atoms with E-state index in [1.807, 2.05) is 0 Å². The van der Waals surface area contributed by atoms with E-state index in [0.717, 1.165) is 25.7 Å². The predicted octanol–water partition coefficient (Wildman–Crippen LogP) is 4.58. The number of unbranched alkanes of at least 4 members (excludes halogenated alkanes) is 1. The first-order valence-electron chi connectivity index (χ1n) is 8.29. The van der Waals surface area contributed by atoms with Crippen LogP contribution in [0, 0.1) is 5.92 Å². The zero-order chi connectivity index (χ0) is 14.8. The Bertz CT molecular complexity index is 271. The van der Waals surface area contributed by atoms with E-state index in [2.05, 4.69) is 26.3 Å². The first kappa shape index (κ1) is 17.3. The van der Waals surface area contributed by atoms with Gasteiger partial charge in [-0.1, -0.05) is 46.5 Å². The van der Waals surface area contributed by atoms with Crippen LogP contribution >= 0.6 is 0 Å². The number of ether oxygens (including phenoxy) is 1. The highest BCUT2D eigenvalue weighted by molar-refractivity contribution is 5.66. The van der Waals surface area contributed by atoms with E-state index < -0.39 is 6.09 Å². The van der Waals surface area contributed by atoms with Gasteiger partial charge in [0.1, 0.15) is 5.60 Å². The van der Waals surface area contributed by atoms with E-state index in [4.69, 9.17) is 9.57 Å². The molecule has 0 aliphatic heterocycles. The Labute approximate surface area is 123 Å². The molecule has 0 spiro atoms. The van der Waals surface area contributed by atoms with Crippen molar-refractivity contribution in [3.63, 3.8) is 0 Å². The van der Waals surface area contributed by atoms with Crippen molar-refractivity contribution in [3.8, 4) is 0 Å². The van der Waals surface area contributed by atoms with Gasteiger partial charge in [0, 0.05) is 0 Å². The zero-order valence-corrected chi connectivity index (χ0v) is 13.4. The minimum Gasteiger partial charge on any atom is -0.441 e. The molecule has 0 atom stereocenters. The molecule has 0 bridgehead atoms. The maximum Gasteiger partial charge on any atom is 0.431 e. The first-order chi connectivity index (χ1) is 9.68. The number of hydrogen-bond acceptors (Lipinski definition) is 3. The van der Waals surface area contributed by atoms with Crippen molar-refractivity contribution in [2.45, 2.75) is 84.2 Å². The Balaban J connectivity index is 2.49. The third kappa shape index (κ3) is 4.97. The van der Waals surface area contributed by atoms with Gasteiger partial charge in [0.2, 0.25) is 0 Å². The summed E-state index contributed by atoms with van der Waals surface area (Å²) in [6.07, 6.45) is 9.46. The first-order valence-corrected chi connectivity index (χ1v) is 8.29. The summed E-state index contributed by atoms with van der Waals surface area (Å²) in [7, 11) is 0. The molecule has 0 aromatic carbocycles. The van der Waals surface area contributed by atoms with Crippen LogP contribution in [0.3, 0.4) is 0 Å². The van der Waals surface area contributed by atoms with Crippen molar-refractivity contribution in [1.82, 2.24) is 5.48 Å². The third-order valence-electron chi connectivity index (χ3n) is 4.60. The van der Waals surface area contributed by atoms with Crippen LogP contribution in [0.1, 0.15) is 78.6 Å². The lowest BCUT2D eigenvalue weighted by atomic mass is 9.74. The van der Waals surface area contributed by atoms with Crippen LogP contribution < -0.4 is 5.48 Å². The Kier molecular flexibility index (Phi) is 7.97. The van der Waals surface area contributed by atoms with Crippen LogP contribution in [-0.4, -0.2) is 18.3 Å². The van der Waals surface area contributed by atoms with Crippen molar-refractivity contribution < 1.29 is 14.4 Å². The fraction of sp³-hybridized carbons (Fsp3) is 0.938. The summed E-state index contributed by atoms with van der Waals surface area (Å²) in [5, 5.41) is 0. The summed E-state index contributed by atoms with van der Waals surface area (Å²) < 4.78 is 5.78. The van der Waals surface area contributed by atoms with Gasteiger partial charge in [-0.05, 0) is 38.0 Å². The Morgan fingerprint density at radius 2 is 1.80 bits per heavy atom. The van der Waals surface area contributed by atoms with Gasteiger partial charge in [-0.2, -0.15) is 5.48 Å². The normalized spacial score (nSPS) is 16.9. The van der Waals surface area contributed by atoms with Gasteiger partial charge in [-0.25, -0.2) is 4.79 Å². The second kappa shape index (κ2) is 9.22. The molecule has 0 radical (unpaired) electrons. The second-order valence-corrected chi connectivity index (χ2v) is 5.80. The highest BCUT2D eigenvalue weighted by Crippen LogP contribution is 2.39. The van der Waals surface area contributed by atoms with Gasteiger partial charge in [-0.15, -0.1) is 0 Å². The molecule has 0 aromatic heterocycles. The molecule has 1 rings (SSSR count). The number of hydroxylamine groups is 1. The largest absolute Gasteiger partial charge is 0.441 e. The zero-order valence-electron chi connectivity index (χ0n) is 13.4. The van der Waals surface area contributed by atoms with Crippen molar-refractivity contribution in [3.05, 3.63) is 0 Å². The van der Waals surface area contributed by atoms with Crippen LogP contribution in [0.15, 0.2) is 0 Å². The lowest BCUT2D eigenvalue weighted by molar-refractivity contribution is -0.0729. The van der Waals surface area contributed by atoms with Crippen molar-refractivity contribution in [1.29, 1.82) is 0 Å². The Hall–Kier alpha value is -0.770. The summed E-state index contributed by atoms with van der Waals surface area (Å²) in [6.45, 7) is 6.86. The Morgan fingerprint density at radius 3 is 2.35 bits per heavy atom. The van der Waals surface area contributed by atoms with Crippen LogP contribution in [0.2, 0.25) is 0 Å². The minimum atomic E-state index is -0.435.